The van der Waals surface area contributed by atoms with E-state index in [1.54, 1.807) is 48.5 Å². The van der Waals surface area contributed by atoms with E-state index in [0.717, 1.165) is 0 Å². The van der Waals surface area contributed by atoms with Crippen LogP contribution in [0.3, 0.4) is 0 Å². The molecule has 0 spiro atoms. The Bertz CT molecular complexity index is 1320. The highest BCUT2D eigenvalue weighted by Crippen LogP contribution is 2.48. The Morgan fingerprint density at radius 2 is 1.51 bits per heavy atom. The maximum absolute atomic E-state index is 13.3. The summed E-state index contributed by atoms with van der Waals surface area (Å²) in [7, 11) is 4.28. The minimum absolute atomic E-state index is 0.0182. The van der Waals surface area contributed by atoms with E-state index in [1.165, 1.54) is 32.3 Å². The van der Waals surface area contributed by atoms with Crippen molar-refractivity contribution in [3.63, 3.8) is 0 Å². The van der Waals surface area contributed by atoms with Gasteiger partial charge in [-0.1, -0.05) is 53.5 Å². The minimum atomic E-state index is -0.922. The van der Waals surface area contributed by atoms with Gasteiger partial charge in [-0.15, -0.1) is 0 Å². The van der Waals surface area contributed by atoms with Crippen molar-refractivity contribution in [2.75, 3.05) is 26.2 Å². The maximum Gasteiger partial charge on any atom is 0.300 e. The zero-order valence-corrected chi connectivity index (χ0v) is 20.6. The standard InChI is InChI=1S/C26H21Cl2NO6/c1-33-16-11-9-15(10-12-16)29-21(14-7-5-4-6-8-14)19(23(31)26(29)32)22(30)17-13-18(27)25(35-3)20(28)24(17)34-2/h4-13,21,30H,1-3H3/b22-19+. The van der Waals surface area contributed by atoms with Crippen molar-refractivity contribution in [2.24, 2.45) is 0 Å². The topological polar surface area (TPSA) is 85.3 Å². The van der Waals surface area contributed by atoms with Crippen LogP contribution in [0.2, 0.25) is 10.0 Å². The maximum atomic E-state index is 13.3. The smallest absolute Gasteiger partial charge is 0.300 e. The van der Waals surface area contributed by atoms with Crippen LogP contribution in [0.5, 0.6) is 17.2 Å². The van der Waals surface area contributed by atoms with Crippen LogP contribution in [0, 0.1) is 0 Å². The van der Waals surface area contributed by atoms with E-state index in [2.05, 4.69) is 0 Å². The Hall–Kier alpha value is -3.68. The van der Waals surface area contributed by atoms with E-state index >= 15 is 0 Å². The number of aliphatic hydroxyl groups is 1. The summed E-state index contributed by atoms with van der Waals surface area (Å²) >= 11 is 12.7. The molecule has 1 saturated heterocycles. The second kappa shape index (κ2) is 9.90. The number of Topliss-reactive ketones (excluding diaryl/α,β-unsaturated/α-hetero) is 1. The van der Waals surface area contributed by atoms with Gasteiger partial charge in [-0.25, -0.2) is 0 Å². The Morgan fingerprint density at radius 3 is 2.09 bits per heavy atom. The van der Waals surface area contributed by atoms with Crippen LogP contribution >= 0.6 is 23.2 Å². The fourth-order valence-corrected chi connectivity index (χ4v) is 4.77. The summed E-state index contributed by atoms with van der Waals surface area (Å²) in [5.41, 5.74) is 0.997. The van der Waals surface area contributed by atoms with Crippen LogP contribution in [0.4, 0.5) is 5.69 Å². The van der Waals surface area contributed by atoms with Gasteiger partial charge in [0.1, 0.15) is 16.5 Å². The van der Waals surface area contributed by atoms with Gasteiger partial charge in [0.25, 0.3) is 11.7 Å². The highest BCUT2D eigenvalue weighted by molar-refractivity contribution is 6.52. The highest BCUT2D eigenvalue weighted by Gasteiger charge is 2.47. The predicted octanol–water partition coefficient (Wildman–Crippen LogP) is 5.65. The molecule has 1 N–H and O–H groups in total. The summed E-state index contributed by atoms with van der Waals surface area (Å²) in [4.78, 5) is 27.9. The van der Waals surface area contributed by atoms with Gasteiger partial charge in [0.05, 0.1) is 43.5 Å². The normalized spacial score (nSPS) is 16.9. The zero-order valence-electron chi connectivity index (χ0n) is 19.0. The second-order valence-electron chi connectivity index (χ2n) is 7.56. The predicted molar refractivity (Wildman–Crippen MR) is 134 cm³/mol. The molecule has 3 aromatic carbocycles. The summed E-state index contributed by atoms with van der Waals surface area (Å²) in [6, 6.07) is 16.1. The summed E-state index contributed by atoms with van der Waals surface area (Å²) in [6.45, 7) is 0. The summed E-state index contributed by atoms with van der Waals surface area (Å²) in [5.74, 6) is -1.34. The summed E-state index contributed by atoms with van der Waals surface area (Å²) in [5, 5.41) is 11.5. The molecule has 1 fully saturated rings. The summed E-state index contributed by atoms with van der Waals surface area (Å²) in [6.07, 6.45) is 0. The van der Waals surface area contributed by atoms with Crippen molar-refractivity contribution in [3.8, 4) is 17.2 Å². The number of halogens is 2. The van der Waals surface area contributed by atoms with Gasteiger partial charge >= 0.3 is 0 Å². The molecule has 4 rings (SSSR count). The third-order valence-electron chi connectivity index (χ3n) is 5.71. The van der Waals surface area contributed by atoms with Gasteiger partial charge in [0.2, 0.25) is 0 Å². The molecule has 35 heavy (non-hydrogen) atoms. The van der Waals surface area contributed by atoms with Gasteiger partial charge in [-0.05, 0) is 35.9 Å². The van der Waals surface area contributed by atoms with Crippen molar-refractivity contribution < 1.29 is 28.9 Å². The number of aliphatic hydroxyl groups excluding tert-OH is 1. The molecule has 9 heteroatoms. The molecule has 1 heterocycles. The Morgan fingerprint density at radius 1 is 0.886 bits per heavy atom. The molecule has 1 amide bonds. The third-order valence-corrected chi connectivity index (χ3v) is 6.33. The molecule has 180 valence electrons. The fourth-order valence-electron chi connectivity index (χ4n) is 4.08. The number of methoxy groups -OCH3 is 3. The fraction of sp³-hybridized carbons (Fsp3) is 0.154. The second-order valence-corrected chi connectivity index (χ2v) is 8.35. The van der Waals surface area contributed by atoms with Crippen LogP contribution in [-0.4, -0.2) is 38.1 Å². The average Bonchev–Trinajstić information content (AvgIpc) is 3.14. The number of anilines is 1. The molecule has 1 aliphatic heterocycles. The van der Waals surface area contributed by atoms with Crippen molar-refractivity contribution >= 4 is 46.3 Å². The first kappa shape index (κ1) is 24.4. The van der Waals surface area contributed by atoms with E-state index in [9.17, 15) is 14.7 Å². The SMILES string of the molecule is COc1ccc(N2C(=O)C(=O)/C(=C(/O)c3cc(Cl)c(OC)c(Cl)c3OC)C2c2ccccc2)cc1. The molecule has 0 saturated carbocycles. The van der Waals surface area contributed by atoms with E-state index in [0.29, 0.717) is 17.0 Å². The molecule has 1 aliphatic rings. The number of rotatable bonds is 6. The number of benzene rings is 3. The number of hydrogen-bond donors (Lipinski definition) is 1. The van der Waals surface area contributed by atoms with Gasteiger partial charge in [-0.2, -0.15) is 0 Å². The number of carbonyl (C=O) groups is 2. The minimum Gasteiger partial charge on any atom is -0.507 e. The van der Waals surface area contributed by atoms with E-state index in [1.807, 2.05) is 6.07 Å². The Balaban J connectivity index is 1.98. The van der Waals surface area contributed by atoms with Crippen LogP contribution in [0.25, 0.3) is 5.76 Å². The van der Waals surface area contributed by atoms with Crippen molar-refractivity contribution in [3.05, 3.63) is 87.4 Å². The van der Waals surface area contributed by atoms with Crippen molar-refractivity contribution in [1.82, 2.24) is 0 Å². The van der Waals surface area contributed by atoms with E-state index in [4.69, 9.17) is 37.4 Å². The molecule has 7 nitrogen and oxygen atoms in total. The number of hydrogen-bond acceptors (Lipinski definition) is 6. The molecule has 1 unspecified atom stereocenters. The first-order valence-electron chi connectivity index (χ1n) is 10.4. The first-order valence-corrected chi connectivity index (χ1v) is 11.2. The molecular weight excluding hydrogens is 493 g/mol. The zero-order chi connectivity index (χ0) is 25.3. The molecule has 0 radical (unpaired) electrons. The quantitative estimate of drug-likeness (QED) is 0.260. The van der Waals surface area contributed by atoms with Crippen LogP contribution in [0.1, 0.15) is 17.2 Å². The summed E-state index contributed by atoms with van der Waals surface area (Å²) < 4.78 is 15.8. The lowest BCUT2D eigenvalue weighted by atomic mass is 9.94. The molecule has 0 aliphatic carbocycles. The van der Waals surface area contributed by atoms with Crippen LogP contribution < -0.4 is 19.1 Å². The van der Waals surface area contributed by atoms with E-state index < -0.39 is 23.5 Å². The third kappa shape index (κ3) is 4.17. The Labute approximate surface area is 212 Å². The highest BCUT2D eigenvalue weighted by atomic mass is 35.5. The number of nitrogens with zero attached hydrogens (tertiary/aromatic N) is 1. The molecule has 0 aromatic heterocycles. The van der Waals surface area contributed by atoms with E-state index in [-0.39, 0.29) is 32.7 Å². The van der Waals surface area contributed by atoms with Gasteiger partial charge in [0, 0.05) is 5.69 Å². The lowest BCUT2D eigenvalue weighted by Crippen LogP contribution is -2.29. The number of ketones is 1. The van der Waals surface area contributed by atoms with Crippen LogP contribution in [0.15, 0.2) is 66.2 Å². The Kier molecular flexibility index (Phi) is 6.91. The number of amides is 1. The number of carbonyl (C=O) groups excluding carboxylic acids is 2. The lowest BCUT2D eigenvalue weighted by molar-refractivity contribution is -0.132. The largest absolute Gasteiger partial charge is 0.507 e. The van der Waals surface area contributed by atoms with Crippen LogP contribution in [-0.2, 0) is 9.59 Å². The lowest BCUT2D eigenvalue weighted by Gasteiger charge is -2.25. The van der Waals surface area contributed by atoms with Gasteiger partial charge in [-0.3, -0.25) is 14.5 Å². The molecule has 0 bridgehead atoms. The molecule has 1 atom stereocenters. The molecule has 3 aromatic rings. The monoisotopic (exact) mass is 513 g/mol. The number of ether oxygens (including phenoxy) is 3. The first-order chi connectivity index (χ1) is 16.8. The van der Waals surface area contributed by atoms with Crippen molar-refractivity contribution in [2.45, 2.75) is 6.04 Å². The average molecular weight is 514 g/mol. The van der Waals surface area contributed by atoms with Gasteiger partial charge < -0.3 is 19.3 Å². The van der Waals surface area contributed by atoms with Gasteiger partial charge in [0.15, 0.2) is 11.5 Å². The van der Waals surface area contributed by atoms with Crippen molar-refractivity contribution in [1.29, 1.82) is 0 Å². The molecular formula is C26H21Cl2NO6.